The molecule has 2 heterocycles. The van der Waals surface area contributed by atoms with Crippen molar-refractivity contribution in [3.8, 4) is 0 Å². The van der Waals surface area contributed by atoms with E-state index in [1.807, 2.05) is 0 Å². The van der Waals surface area contributed by atoms with Gasteiger partial charge in [0.25, 0.3) is 0 Å². The minimum Gasteiger partial charge on any atom is -0.465 e. The Labute approximate surface area is 174 Å². The fourth-order valence-electron chi connectivity index (χ4n) is 5.27. The number of hydrogen-bond donors (Lipinski definition) is 0. The van der Waals surface area contributed by atoms with Crippen LogP contribution >= 0.6 is 0 Å². The second-order valence-electron chi connectivity index (χ2n) is 10.6. The van der Waals surface area contributed by atoms with Crippen LogP contribution in [0.15, 0.2) is 0 Å². The molecule has 0 amide bonds. The van der Waals surface area contributed by atoms with Crippen molar-refractivity contribution in [1.82, 2.24) is 0 Å². The Bertz CT molecular complexity index is 616. The smallest absolute Gasteiger partial charge is 0.309 e. The number of fused-ring (bicyclic) bond motifs is 2. The molecule has 0 bridgehead atoms. The summed E-state index contributed by atoms with van der Waals surface area (Å²) in [5.74, 6) is 0.413. The maximum Gasteiger partial charge on any atom is 0.309 e. The maximum absolute atomic E-state index is 12.4. The van der Waals surface area contributed by atoms with E-state index in [4.69, 9.17) is 18.9 Å². The number of epoxide rings is 2. The average molecular weight is 409 g/mol. The van der Waals surface area contributed by atoms with Crippen molar-refractivity contribution in [3.05, 3.63) is 0 Å². The van der Waals surface area contributed by atoms with Crippen LogP contribution in [0.1, 0.15) is 72.1 Å². The highest BCUT2D eigenvalue weighted by atomic mass is 16.6. The van der Waals surface area contributed by atoms with Crippen LogP contribution < -0.4 is 0 Å². The highest BCUT2D eigenvalue weighted by molar-refractivity contribution is 5.72. The van der Waals surface area contributed by atoms with E-state index in [1.165, 1.54) is 0 Å². The molecule has 2 saturated carbocycles. The van der Waals surface area contributed by atoms with Crippen LogP contribution in [0, 0.1) is 23.2 Å². The van der Waals surface area contributed by atoms with E-state index in [1.54, 1.807) is 0 Å². The zero-order valence-electron chi connectivity index (χ0n) is 18.1. The third kappa shape index (κ3) is 5.94. The molecule has 7 atom stereocenters. The molecular formula is C23H36O6. The van der Waals surface area contributed by atoms with Gasteiger partial charge in [0.15, 0.2) is 0 Å². The van der Waals surface area contributed by atoms with Gasteiger partial charge in [0.2, 0.25) is 0 Å². The highest BCUT2D eigenvalue weighted by Gasteiger charge is 2.46. The molecule has 0 aromatic heterocycles. The van der Waals surface area contributed by atoms with Gasteiger partial charge in [-0.1, -0.05) is 20.8 Å². The fraction of sp³-hybridized carbons (Fsp3) is 0.913. The number of rotatable bonds is 9. The summed E-state index contributed by atoms with van der Waals surface area (Å²) in [4.78, 5) is 24.6. The lowest BCUT2D eigenvalue weighted by Crippen LogP contribution is -2.29. The quantitative estimate of drug-likeness (QED) is 0.428. The Morgan fingerprint density at radius 1 is 0.966 bits per heavy atom. The van der Waals surface area contributed by atoms with Crippen LogP contribution in [0.2, 0.25) is 0 Å². The standard InChI is InChI=1S/C23H36O6/c1-14(8-21(24)26-12-15-4-6-17-19(9-15)28-17)11-23(2,3)13-27-22(25)16-5-7-18-20(10-16)29-18/h14-20H,4-13H2,1-3H3. The van der Waals surface area contributed by atoms with Gasteiger partial charge in [-0.25, -0.2) is 0 Å². The molecule has 2 aliphatic heterocycles. The van der Waals surface area contributed by atoms with E-state index in [-0.39, 0.29) is 35.3 Å². The molecule has 4 rings (SSSR count). The molecule has 0 aromatic carbocycles. The van der Waals surface area contributed by atoms with Crippen molar-refractivity contribution in [3.63, 3.8) is 0 Å². The summed E-state index contributed by atoms with van der Waals surface area (Å²) in [5.41, 5.74) is -0.162. The second-order valence-corrected chi connectivity index (χ2v) is 10.6. The number of carbonyl (C=O) groups is 2. The molecule has 0 spiro atoms. The van der Waals surface area contributed by atoms with Gasteiger partial charge in [-0.05, 0) is 62.2 Å². The summed E-state index contributed by atoms with van der Waals surface area (Å²) in [6.45, 7) is 7.17. The predicted molar refractivity (Wildman–Crippen MR) is 106 cm³/mol. The van der Waals surface area contributed by atoms with E-state index >= 15 is 0 Å². The van der Waals surface area contributed by atoms with Crippen molar-refractivity contribution >= 4 is 11.9 Å². The largest absolute Gasteiger partial charge is 0.465 e. The van der Waals surface area contributed by atoms with Gasteiger partial charge in [-0.3, -0.25) is 9.59 Å². The van der Waals surface area contributed by atoms with Crippen LogP contribution in [0.5, 0.6) is 0 Å². The SMILES string of the molecule is CC(CC(=O)OCC1CCC2OC2C1)CC(C)(C)COC(=O)C1CCC2OC2C1. The molecule has 4 aliphatic rings. The van der Waals surface area contributed by atoms with Crippen LogP contribution in [0.4, 0.5) is 0 Å². The van der Waals surface area contributed by atoms with Gasteiger partial charge in [-0.2, -0.15) is 0 Å². The van der Waals surface area contributed by atoms with Gasteiger partial charge in [0.1, 0.15) is 0 Å². The van der Waals surface area contributed by atoms with E-state index in [0.717, 1.165) is 44.9 Å². The molecular weight excluding hydrogens is 372 g/mol. The monoisotopic (exact) mass is 408 g/mol. The van der Waals surface area contributed by atoms with Crippen molar-refractivity contribution < 1.29 is 28.5 Å². The van der Waals surface area contributed by atoms with Crippen molar-refractivity contribution in [2.75, 3.05) is 13.2 Å². The lowest BCUT2D eigenvalue weighted by molar-refractivity contribution is -0.153. The number of ether oxygens (including phenoxy) is 4. The second kappa shape index (κ2) is 8.54. The van der Waals surface area contributed by atoms with Gasteiger partial charge < -0.3 is 18.9 Å². The van der Waals surface area contributed by atoms with Crippen molar-refractivity contribution in [2.45, 2.75) is 96.6 Å². The summed E-state index contributed by atoms with van der Waals surface area (Å²) in [7, 11) is 0. The van der Waals surface area contributed by atoms with Crippen LogP contribution in [0.3, 0.4) is 0 Å². The van der Waals surface area contributed by atoms with Crippen LogP contribution in [0.25, 0.3) is 0 Å². The molecule has 0 radical (unpaired) electrons. The lowest BCUT2D eigenvalue weighted by Gasteiger charge is -2.28. The fourth-order valence-corrected chi connectivity index (χ4v) is 5.27. The molecule has 6 nitrogen and oxygen atoms in total. The molecule has 6 heteroatoms. The van der Waals surface area contributed by atoms with Gasteiger partial charge >= 0.3 is 11.9 Å². The third-order valence-corrected chi connectivity index (χ3v) is 6.95. The first-order chi connectivity index (χ1) is 13.8. The minimum atomic E-state index is -0.162. The predicted octanol–water partition coefficient (Wildman–Crippen LogP) is 3.65. The molecule has 2 aliphatic carbocycles. The van der Waals surface area contributed by atoms with E-state index in [2.05, 4.69) is 20.8 Å². The summed E-state index contributed by atoms with van der Waals surface area (Å²) in [6, 6.07) is 0. The Hall–Kier alpha value is -1.14. The molecule has 29 heavy (non-hydrogen) atoms. The summed E-state index contributed by atoms with van der Waals surface area (Å²) in [5, 5.41) is 0. The molecule has 164 valence electrons. The summed E-state index contributed by atoms with van der Waals surface area (Å²) >= 11 is 0. The molecule has 4 fully saturated rings. The van der Waals surface area contributed by atoms with E-state index in [0.29, 0.717) is 43.9 Å². The Kier molecular flexibility index (Phi) is 6.22. The first kappa shape index (κ1) is 21.1. The summed E-state index contributed by atoms with van der Waals surface area (Å²) in [6.07, 6.45) is 8.69. The first-order valence-electron chi connectivity index (χ1n) is 11.4. The van der Waals surface area contributed by atoms with Gasteiger partial charge in [-0.15, -0.1) is 0 Å². The van der Waals surface area contributed by atoms with Gasteiger partial charge in [0.05, 0.1) is 43.5 Å². The van der Waals surface area contributed by atoms with Crippen molar-refractivity contribution in [2.24, 2.45) is 23.2 Å². The van der Waals surface area contributed by atoms with Gasteiger partial charge in [0, 0.05) is 6.42 Å². The number of carbonyl (C=O) groups excluding carboxylic acids is 2. The highest BCUT2D eigenvalue weighted by Crippen LogP contribution is 2.40. The molecule has 2 saturated heterocycles. The zero-order chi connectivity index (χ0) is 20.6. The third-order valence-electron chi connectivity index (χ3n) is 6.95. The number of esters is 2. The van der Waals surface area contributed by atoms with E-state index < -0.39 is 0 Å². The minimum absolute atomic E-state index is 0.0157. The van der Waals surface area contributed by atoms with Crippen molar-refractivity contribution in [1.29, 1.82) is 0 Å². The lowest BCUT2D eigenvalue weighted by atomic mass is 9.83. The van der Waals surface area contributed by atoms with Crippen LogP contribution in [-0.2, 0) is 28.5 Å². The topological polar surface area (TPSA) is 77.7 Å². The average Bonchev–Trinajstić information content (AvgIpc) is 3.57. The Morgan fingerprint density at radius 2 is 1.66 bits per heavy atom. The van der Waals surface area contributed by atoms with E-state index in [9.17, 15) is 9.59 Å². The normalized spacial score (nSPS) is 36.4. The number of hydrogen-bond acceptors (Lipinski definition) is 6. The Balaban J connectivity index is 1.11. The zero-order valence-corrected chi connectivity index (χ0v) is 18.1. The van der Waals surface area contributed by atoms with Crippen LogP contribution in [-0.4, -0.2) is 49.6 Å². The first-order valence-corrected chi connectivity index (χ1v) is 11.4. The Morgan fingerprint density at radius 3 is 2.34 bits per heavy atom. The molecule has 7 unspecified atom stereocenters. The molecule has 0 aromatic rings. The molecule has 0 N–H and O–H groups in total. The summed E-state index contributed by atoms with van der Waals surface area (Å²) < 4.78 is 22.2. The maximum atomic E-state index is 12.4.